The van der Waals surface area contributed by atoms with E-state index in [9.17, 15) is 0 Å². The van der Waals surface area contributed by atoms with Gasteiger partial charge in [0.05, 0.1) is 30.2 Å². The van der Waals surface area contributed by atoms with Crippen LogP contribution in [0.2, 0.25) is 0 Å². The average Bonchev–Trinajstić information content (AvgIpc) is 2.61. The number of nitrogens with zero attached hydrogens (tertiary/aromatic N) is 4. The van der Waals surface area contributed by atoms with Gasteiger partial charge in [-0.15, -0.1) is 0 Å². The first-order valence-electron chi connectivity index (χ1n) is 6.57. The molecule has 1 unspecified atom stereocenters. The third kappa shape index (κ3) is 3.24. The van der Waals surface area contributed by atoms with Crippen molar-refractivity contribution < 1.29 is 0 Å². The van der Waals surface area contributed by atoms with Crippen molar-refractivity contribution in [3.63, 3.8) is 0 Å². The Kier molecular flexibility index (Phi) is 4.39. The van der Waals surface area contributed by atoms with Gasteiger partial charge in [-0.25, -0.2) is 0 Å². The van der Waals surface area contributed by atoms with E-state index in [1.165, 1.54) is 0 Å². The molecule has 1 atom stereocenters. The molecule has 19 heavy (non-hydrogen) atoms. The van der Waals surface area contributed by atoms with Gasteiger partial charge in [0, 0.05) is 18.8 Å². The van der Waals surface area contributed by atoms with Crippen LogP contribution in [-0.2, 0) is 0 Å². The highest BCUT2D eigenvalue weighted by molar-refractivity contribution is 5.52. The van der Waals surface area contributed by atoms with Gasteiger partial charge in [0.25, 0.3) is 0 Å². The second kappa shape index (κ2) is 6.22. The monoisotopic (exact) mass is 254 g/mol. The Labute approximate surface area is 114 Å². The summed E-state index contributed by atoms with van der Waals surface area (Å²) in [6.07, 6.45) is 1.59. The highest BCUT2D eigenvalue weighted by Crippen LogP contribution is 2.22. The lowest BCUT2D eigenvalue weighted by atomic mass is 10.1. The van der Waals surface area contributed by atoms with Crippen LogP contribution in [0.3, 0.4) is 0 Å². The number of nitriles is 2. The summed E-state index contributed by atoms with van der Waals surface area (Å²) in [6.45, 7) is 2.88. The van der Waals surface area contributed by atoms with Gasteiger partial charge in [-0.1, -0.05) is 6.07 Å². The standard InChI is InChI=1S/C15H18N4/c1-18-8-3-9-19(15(12-18)6-7-16)14-5-2-4-13(10-14)11-17/h2,4-5,10,15H,3,6,8-9,12H2,1H3. The lowest BCUT2D eigenvalue weighted by Gasteiger charge is -2.31. The molecule has 1 fully saturated rings. The summed E-state index contributed by atoms with van der Waals surface area (Å²) in [5.74, 6) is 0. The van der Waals surface area contributed by atoms with Crippen LogP contribution in [0.25, 0.3) is 0 Å². The molecule has 98 valence electrons. The van der Waals surface area contributed by atoms with E-state index >= 15 is 0 Å². The van der Waals surface area contributed by atoms with Crippen LogP contribution < -0.4 is 4.90 Å². The van der Waals surface area contributed by atoms with Crippen LogP contribution >= 0.6 is 0 Å². The summed E-state index contributed by atoms with van der Waals surface area (Å²) >= 11 is 0. The van der Waals surface area contributed by atoms with Crippen molar-refractivity contribution >= 4 is 5.69 Å². The maximum absolute atomic E-state index is 9.01. The SMILES string of the molecule is CN1CCCN(c2cccc(C#N)c2)C(CC#N)C1. The fourth-order valence-corrected chi connectivity index (χ4v) is 2.62. The minimum Gasteiger partial charge on any atom is -0.366 e. The smallest absolute Gasteiger partial charge is 0.0992 e. The largest absolute Gasteiger partial charge is 0.366 e. The first-order chi connectivity index (χ1) is 9.24. The molecule has 0 radical (unpaired) electrons. The van der Waals surface area contributed by atoms with Crippen LogP contribution in [0.4, 0.5) is 5.69 Å². The van der Waals surface area contributed by atoms with Crippen molar-refractivity contribution in [3.05, 3.63) is 29.8 Å². The van der Waals surface area contributed by atoms with Gasteiger partial charge in [-0.3, -0.25) is 0 Å². The van der Waals surface area contributed by atoms with E-state index in [1.807, 2.05) is 24.3 Å². The van der Waals surface area contributed by atoms with Crippen molar-refractivity contribution in [2.75, 3.05) is 31.6 Å². The zero-order valence-electron chi connectivity index (χ0n) is 11.2. The Hall–Kier alpha value is -2.04. The normalized spacial score (nSPS) is 20.4. The van der Waals surface area contributed by atoms with Gasteiger partial charge in [0.2, 0.25) is 0 Å². The van der Waals surface area contributed by atoms with Gasteiger partial charge in [0.15, 0.2) is 0 Å². The van der Waals surface area contributed by atoms with E-state index in [1.54, 1.807) is 0 Å². The molecule has 1 saturated heterocycles. The Morgan fingerprint density at radius 2 is 2.16 bits per heavy atom. The molecular weight excluding hydrogens is 236 g/mol. The van der Waals surface area contributed by atoms with Gasteiger partial charge < -0.3 is 9.80 Å². The molecule has 0 N–H and O–H groups in total. The molecule has 1 aromatic carbocycles. The van der Waals surface area contributed by atoms with E-state index in [0.29, 0.717) is 12.0 Å². The maximum atomic E-state index is 9.01. The fraction of sp³-hybridized carbons (Fsp3) is 0.467. The Balaban J connectivity index is 2.28. The second-order valence-corrected chi connectivity index (χ2v) is 4.99. The molecule has 1 heterocycles. The number of benzene rings is 1. The maximum Gasteiger partial charge on any atom is 0.0992 e. The molecular formula is C15H18N4. The Morgan fingerprint density at radius 3 is 2.89 bits per heavy atom. The fourth-order valence-electron chi connectivity index (χ4n) is 2.62. The average molecular weight is 254 g/mol. The lowest BCUT2D eigenvalue weighted by molar-refractivity contribution is 0.332. The third-order valence-corrected chi connectivity index (χ3v) is 3.54. The quantitative estimate of drug-likeness (QED) is 0.810. The van der Waals surface area contributed by atoms with Gasteiger partial charge in [-0.05, 0) is 38.2 Å². The molecule has 0 amide bonds. The lowest BCUT2D eigenvalue weighted by Crippen LogP contribution is -2.40. The molecule has 1 aromatic rings. The molecule has 0 aromatic heterocycles. The zero-order valence-corrected chi connectivity index (χ0v) is 11.2. The third-order valence-electron chi connectivity index (χ3n) is 3.54. The predicted molar refractivity (Wildman–Crippen MR) is 74.6 cm³/mol. The zero-order chi connectivity index (χ0) is 13.7. The molecule has 4 nitrogen and oxygen atoms in total. The van der Waals surface area contributed by atoms with Crippen LogP contribution in [0.15, 0.2) is 24.3 Å². The summed E-state index contributed by atoms with van der Waals surface area (Å²) in [4.78, 5) is 4.55. The molecule has 1 aliphatic rings. The molecule has 0 bridgehead atoms. The van der Waals surface area contributed by atoms with Crippen LogP contribution in [0, 0.1) is 22.7 Å². The van der Waals surface area contributed by atoms with Crippen LogP contribution in [0.1, 0.15) is 18.4 Å². The molecule has 1 aliphatic heterocycles. The van der Waals surface area contributed by atoms with Crippen molar-refractivity contribution in [1.82, 2.24) is 4.90 Å². The van der Waals surface area contributed by atoms with E-state index in [2.05, 4.69) is 29.0 Å². The van der Waals surface area contributed by atoms with E-state index < -0.39 is 0 Å². The molecule has 2 rings (SSSR count). The molecule has 0 saturated carbocycles. The van der Waals surface area contributed by atoms with Crippen molar-refractivity contribution in [3.8, 4) is 12.1 Å². The summed E-state index contributed by atoms with van der Waals surface area (Å²) in [7, 11) is 2.10. The first kappa shape index (κ1) is 13.4. The minimum atomic E-state index is 0.200. The summed E-state index contributed by atoms with van der Waals surface area (Å²) in [6, 6.07) is 12.3. The minimum absolute atomic E-state index is 0.200. The van der Waals surface area contributed by atoms with E-state index in [4.69, 9.17) is 10.5 Å². The number of rotatable bonds is 2. The summed E-state index contributed by atoms with van der Waals surface area (Å²) < 4.78 is 0. The van der Waals surface area contributed by atoms with Gasteiger partial charge in [0.1, 0.15) is 0 Å². The van der Waals surface area contributed by atoms with E-state index in [-0.39, 0.29) is 6.04 Å². The predicted octanol–water partition coefficient (Wildman–Crippen LogP) is 1.98. The number of likely N-dealkylation sites (N-methyl/N-ethyl adjacent to an activating group) is 1. The van der Waals surface area contributed by atoms with Crippen molar-refractivity contribution in [1.29, 1.82) is 10.5 Å². The summed E-state index contributed by atoms with van der Waals surface area (Å²) in [5, 5.41) is 18.0. The van der Waals surface area contributed by atoms with Crippen molar-refractivity contribution in [2.24, 2.45) is 0 Å². The highest BCUT2D eigenvalue weighted by atomic mass is 15.2. The number of hydrogen-bond donors (Lipinski definition) is 0. The van der Waals surface area contributed by atoms with Gasteiger partial charge >= 0.3 is 0 Å². The van der Waals surface area contributed by atoms with Crippen LogP contribution in [-0.4, -0.2) is 37.6 Å². The first-order valence-corrected chi connectivity index (χ1v) is 6.57. The summed E-state index contributed by atoms with van der Waals surface area (Å²) in [5.41, 5.74) is 1.72. The number of anilines is 1. The van der Waals surface area contributed by atoms with Crippen molar-refractivity contribution in [2.45, 2.75) is 18.9 Å². The highest BCUT2D eigenvalue weighted by Gasteiger charge is 2.23. The molecule has 0 spiro atoms. The van der Waals surface area contributed by atoms with E-state index in [0.717, 1.165) is 31.7 Å². The Morgan fingerprint density at radius 1 is 1.32 bits per heavy atom. The molecule has 4 heteroatoms. The Bertz CT molecular complexity index is 512. The number of hydrogen-bond acceptors (Lipinski definition) is 4. The topological polar surface area (TPSA) is 54.1 Å². The van der Waals surface area contributed by atoms with Gasteiger partial charge in [-0.2, -0.15) is 10.5 Å². The van der Waals surface area contributed by atoms with Crippen LogP contribution in [0.5, 0.6) is 0 Å². The second-order valence-electron chi connectivity index (χ2n) is 4.99. The molecule has 0 aliphatic carbocycles.